The van der Waals surface area contributed by atoms with Crippen molar-refractivity contribution in [2.75, 3.05) is 6.54 Å². The van der Waals surface area contributed by atoms with E-state index in [1.54, 1.807) is 24.7 Å². The summed E-state index contributed by atoms with van der Waals surface area (Å²) < 4.78 is 1.98. The van der Waals surface area contributed by atoms with Crippen LogP contribution in [0.2, 0.25) is 0 Å². The van der Waals surface area contributed by atoms with Gasteiger partial charge in [0.25, 0.3) is 5.91 Å². The molecule has 0 aliphatic rings. The quantitative estimate of drug-likeness (QED) is 0.705. The molecule has 1 N–H and O–H groups in total. The molecule has 1 amide bonds. The number of nitrogens with zero attached hydrogens (tertiary/aromatic N) is 3. The van der Waals surface area contributed by atoms with Crippen LogP contribution < -0.4 is 5.32 Å². The largest absolute Gasteiger partial charge is 0.352 e. The molecule has 5 nitrogen and oxygen atoms in total. The van der Waals surface area contributed by atoms with Crippen molar-refractivity contribution in [3.8, 4) is 17.2 Å². The number of carbonyl (C=O) groups is 1. The molecule has 0 saturated heterocycles. The van der Waals surface area contributed by atoms with Crippen molar-refractivity contribution >= 4 is 5.91 Å². The fraction of sp³-hybridized carbons (Fsp3) is 0.150. The number of rotatable bonds is 6. The average molecular weight is 330 g/mol. The van der Waals surface area contributed by atoms with Crippen LogP contribution in [-0.4, -0.2) is 22.0 Å². The Balaban J connectivity index is 1.72. The maximum Gasteiger partial charge on any atom is 0.251 e. The lowest BCUT2D eigenvalue weighted by Crippen LogP contribution is -2.25. The maximum atomic E-state index is 12.6. The Labute approximate surface area is 146 Å². The van der Waals surface area contributed by atoms with E-state index in [4.69, 9.17) is 0 Å². The molecule has 1 aromatic heterocycles. The van der Waals surface area contributed by atoms with Crippen LogP contribution in [0.5, 0.6) is 0 Å². The molecule has 3 aromatic rings. The van der Waals surface area contributed by atoms with Crippen molar-refractivity contribution in [2.24, 2.45) is 0 Å². The lowest BCUT2D eigenvalue weighted by Gasteiger charge is -2.11. The van der Waals surface area contributed by atoms with E-state index in [1.807, 2.05) is 47.2 Å². The standard InChI is InChI=1S/C20H18N4O/c21-14-16-6-1-2-7-17(16)18-8-3-4-9-19(18)20(25)23-10-5-12-24-13-11-22-15-24/h1-4,6-9,11,13,15H,5,10,12H2,(H,23,25). The molecule has 2 aromatic carbocycles. The van der Waals surface area contributed by atoms with Crippen molar-refractivity contribution in [3.63, 3.8) is 0 Å². The summed E-state index contributed by atoms with van der Waals surface area (Å²) in [7, 11) is 0. The van der Waals surface area contributed by atoms with Gasteiger partial charge in [-0.3, -0.25) is 4.79 Å². The predicted octanol–water partition coefficient (Wildman–Crippen LogP) is 3.24. The lowest BCUT2D eigenvalue weighted by molar-refractivity contribution is 0.0953. The van der Waals surface area contributed by atoms with Crippen molar-refractivity contribution in [1.82, 2.24) is 14.9 Å². The first-order valence-electron chi connectivity index (χ1n) is 8.12. The highest BCUT2D eigenvalue weighted by atomic mass is 16.1. The van der Waals surface area contributed by atoms with E-state index in [2.05, 4.69) is 16.4 Å². The minimum Gasteiger partial charge on any atom is -0.352 e. The van der Waals surface area contributed by atoms with Crippen LogP contribution in [0.4, 0.5) is 0 Å². The van der Waals surface area contributed by atoms with Gasteiger partial charge in [0.15, 0.2) is 0 Å². The molecule has 0 unspecified atom stereocenters. The van der Waals surface area contributed by atoms with Crippen LogP contribution in [0.3, 0.4) is 0 Å². The van der Waals surface area contributed by atoms with Gasteiger partial charge >= 0.3 is 0 Å². The molecule has 0 spiro atoms. The Hall–Kier alpha value is -3.39. The van der Waals surface area contributed by atoms with Gasteiger partial charge in [0.2, 0.25) is 0 Å². The summed E-state index contributed by atoms with van der Waals surface area (Å²) in [6.07, 6.45) is 6.21. The summed E-state index contributed by atoms with van der Waals surface area (Å²) in [5, 5.41) is 12.3. The molecule has 25 heavy (non-hydrogen) atoms. The topological polar surface area (TPSA) is 70.7 Å². The van der Waals surface area contributed by atoms with E-state index in [9.17, 15) is 10.1 Å². The van der Waals surface area contributed by atoms with Crippen LogP contribution in [0, 0.1) is 11.3 Å². The molecule has 5 heteroatoms. The maximum absolute atomic E-state index is 12.6. The minimum atomic E-state index is -0.131. The smallest absolute Gasteiger partial charge is 0.251 e. The van der Waals surface area contributed by atoms with Crippen LogP contribution >= 0.6 is 0 Å². The first kappa shape index (κ1) is 16.5. The monoisotopic (exact) mass is 330 g/mol. The molecule has 0 atom stereocenters. The normalized spacial score (nSPS) is 10.2. The zero-order valence-corrected chi connectivity index (χ0v) is 13.7. The summed E-state index contributed by atoms with van der Waals surface area (Å²) in [5.74, 6) is -0.131. The minimum absolute atomic E-state index is 0.131. The van der Waals surface area contributed by atoms with Gasteiger partial charge in [-0.25, -0.2) is 4.98 Å². The first-order valence-corrected chi connectivity index (χ1v) is 8.12. The number of nitriles is 1. The Morgan fingerprint density at radius 3 is 2.64 bits per heavy atom. The van der Waals surface area contributed by atoms with Crippen molar-refractivity contribution in [3.05, 3.63) is 78.4 Å². The number of aryl methyl sites for hydroxylation is 1. The van der Waals surface area contributed by atoms with E-state index < -0.39 is 0 Å². The number of amides is 1. The van der Waals surface area contributed by atoms with Gasteiger partial charge in [-0.2, -0.15) is 5.26 Å². The Kier molecular flexibility index (Phi) is 5.22. The van der Waals surface area contributed by atoms with E-state index in [0.717, 1.165) is 24.1 Å². The number of hydrogen-bond donors (Lipinski definition) is 1. The average Bonchev–Trinajstić information content (AvgIpc) is 3.18. The van der Waals surface area contributed by atoms with Gasteiger partial charge in [0.05, 0.1) is 18.0 Å². The third-order valence-electron chi connectivity index (χ3n) is 3.95. The number of aromatic nitrogens is 2. The summed E-state index contributed by atoms with van der Waals surface area (Å²) in [6.45, 7) is 1.38. The van der Waals surface area contributed by atoms with Crippen LogP contribution in [-0.2, 0) is 6.54 Å². The molecule has 0 radical (unpaired) electrons. The van der Waals surface area contributed by atoms with Gasteiger partial charge < -0.3 is 9.88 Å². The van der Waals surface area contributed by atoms with Crippen LogP contribution in [0.25, 0.3) is 11.1 Å². The van der Waals surface area contributed by atoms with Gasteiger partial charge in [-0.05, 0) is 24.1 Å². The zero-order chi connectivity index (χ0) is 17.5. The third kappa shape index (κ3) is 3.93. The highest BCUT2D eigenvalue weighted by molar-refractivity contribution is 6.01. The van der Waals surface area contributed by atoms with Crippen molar-refractivity contribution in [2.45, 2.75) is 13.0 Å². The lowest BCUT2D eigenvalue weighted by atomic mass is 9.95. The highest BCUT2D eigenvalue weighted by Crippen LogP contribution is 2.26. The molecule has 124 valence electrons. The molecular formula is C20H18N4O. The molecule has 0 fully saturated rings. The number of imidazole rings is 1. The van der Waals surface area contributed by atoms with E-state index in [1.165, 1.54) is 0 Å². The summed E-state index contributed by atoms with van der Waals surface area (Å²) >= 11 is 0. The van der Waals surface area contributed by atoms with Gasteiger partial charge in [0.1, 0.15) is 0 Å². The van der Waals surface area contributed by atoms with E-state index in [-0.39, 0.29) is 5.91 Å². The number of hydrogen-bond acceptors (Lipinski definition) is 3. The van der Waals surface area contributed by atoms with Crippen molar-refractivity contribution < 1.29 is 4.79 Å². The fourth-order valence-electron chi connectivity index (χ4n) is 2.71. The Morgan fingerprint density at radius 1 is 1.12 bits per heavy atom. The number of nitrogens with one attached hydrogen (secondary N) is 1. The fourth-order valence-corrected chi connectivity index (χ4v) is 2.71. The number of benzene rings is 2. The van der Waals surface area contributed by atoms with Crippen LogP contribution in [0.15, 0.2) is 67.3 Å². The van der Waals surface area contributed by atoms with Gasteiger partial charge in [0, 0.05) is 36.6 Å². The second kappa shape index (κ2) is 7.93. The van der Waals surface area contributed by atoms with E-state index in [0.29, 0.717) is 17.7 Å². The molecule has 0 bridgehead atoms. The second-order valence-corrected chi connectivity index (χ2v) is 5.61. The van der Waals surface area contributed by atoms with Gasteiger partial charge in [-0.15, -0.1) is 0 Å². The van der Waals surface area contributed by atoms with Gasteiger partial charge in [-0.1, -0.05) is 36.4 Å². The third-order valence-corrected chi connectivity index (χ3v) is 3.95. The molecular weight excluding hydrogens is 312 g/mol. The Morgan fingerprint density at radius 2 is 1.88 bits per heavy atom. The molecule has 3 rings (SSSR count). The highest BCUT2D eigenvalue weighted by Gasteiger charge is 2.14. The van der Waals surface area contributed by atoms with Crippen LogP contribution in [0.1, 0.15) is 22.3 Å². The SMILES string of the molecule is N#Cc1ccccc1-c1ccccc1C(=O)NCCCn1ccnc1. The molecule has 0 saturated carbocycles. The molecule has 0 aliphatic carbocycles. The zero-order valence-electron chi connectivity index (χ0n) is 13.7. The summed E-state index contributed by atoms with van der Waals surface area (Å²) in [5.41, 5.74) is 2.68. The molecule has 0 aliphatic heterocycles. The summed E-state index contributed by atoms with van der Waals surface area (Å²) in [4.78, 5) is 16.6. The predicted molar refractivity (Wildman–Crippen MR) is 95.8 cm³/mol. The Bertz CT molecular complexity index is 894. The second-order valence-electron chi connectivity index (χ2n) is 5.61. The first-order chi connectivity index (χ1) is 12.3. The van der Waals surface area contributed by atoms with E-state index >= 15 is 0 Å². The van der Waals surface area contributed by atoms with Crippen molar-refractivity contribution in [1.29, 1.82) is 5.26 Å². The molecule has 1 heterocycles. The summed E-state index contributed by atoms with van der Waals surface area (Å²) in [6, 6.07) is 16.9. The number of carbonyl (C=O) groups excluding carboxylic acids is 1.